The number of amides is 4. The molecule has 224 valence electrons. The lowest BCUT2D eigenvalue weighted by molar-refractivity contribution is -0.124. The van der Waals surface area contributed by atoms with Gasteiger partial charge in [-0.05, 0) is 63.3 Å². The lowest BCUT2D eigenvalue weighted by Gasteiger charge is -2.24. The molecule has 2 aromatic rings. The summed E-state index contributed by atoms with van der Waals surface area (Å²) in [6, 6.07) is 3.56. The average Bonchev–Trinajstić information content (AvgIpc) is 3.29. The number of carbonyl (C=O) groups excluding carboxylic acids is 4. The average molecular weight is 591 g/mol. The molecule has 2 heterocycles. The van der Waals surface area contributed by atoms with Crippen LogP contribution in [-0.4, -0.2) is 69.0 Å². The minimum atomic E-state index is -3.47. The number of hydrogen-bond acceptors (Lipinski definition) is 8. The van der Waals surface area contributed by atoms with Crippen molar-refractivity contribution in [3.05, 3.63) is 47.2 Å². The van der Waals surface area contributed by atoms with Crippen LogP contribution in [-0.2, 0) is 19.6 Å². The number of nitrogens with one attached hydrogen (secondary N) is 4. The Morgan fingerprint density at radius 1 is 1.10 bits per heavy atom. The molecule has 0 saturated carbocycles. The maximum Gasteiger partial charge on any atom is 0.274 e. The van der Waals surface area contributed by atoms with Gasteiger partial charge < -0.3 is 25.7 Å². The number of nitrogens with zero attached hydrogens (tertiary/aromatic N) is 2. The Hall–Kier alpha value is -3.94. The molecule has 1 aliphatic rings. The molecule has 0 saturated heterocycles. The number of hydrogen-bond donors (Lipinski definition) is 4. The van der Waals surface area contributed by atoms with Gasteiger partial charge in [-0.2, -0.15) is 0 Å². The van der Waals surface area contributed by atoms with Crippen molar-refractivity contribution < 1.29 is 32.0 Å². The third-order valence-electron chi connectivity index (χ3n) is 6.83. The topological polar surface area (TPSA) is 180 Å². The lowest BCUT2D eigenvalue weighted by Crippen LogP contribution is -2.48. The van der Waals surface area contributed by atoms with Crippen LogP contribution in [0.4, 0.5) is 5.69 Å². The van der Waals surface area contributed by atoms with E-state index in [1.165, 1.54) is 31.3 Å². The van der Waals surface area contributed by atoms with Crippen LogP contribution in [0.15, 0.2) is 28.7 Å². The van der Waals surface area contributed by atoms with Crippen molar-refractivity contribution in [1.29, 1.82) is 0 Å². The van der Waals surface area contributed by atoms with E-state index in [2.05, 4.69) is 26.3 Å². The van der Waals surface area contributed by atoms with E-state index in [-0.39, 0.29) is 41.2 Å². The molecule has 4 N–H and O–H groups in total. The number of carbonyl (C=O) groups is 4. The van der Waals surface area contributed by atoms with Crippen molar-refractivity contribution in [2.24, 2.45) is 5.92 Å². The van der Waals surface area contributed by atoms with Gasteiger partial charge in [-0.15, -0.1) is 0 Å². The molecular formula is C27H38N6O7S. The first-order chi connectivity index (χ1) is 19.2. The van der Waals surface area contributed by atoms with E-state index in [9.17, 15) is 27.6 Å². The Labute approximate surface area is 239 Å². The summed E-state index contributed by atoms with van der Waals surface area (Å²) < 4.78 is 30.5. The van der Waals surface area contributed by atoms with Crippen molar-refractivity contribution in [2.75, 3.05) is 24.2 Å². The zero-order chi connectivity index (χ0) is 30.5. The maximum atomic E-state index is 13.5. The first-order valence-electron chi connectivity index (χ1n) is 13.4. The fourth-order valence-electron chi connectivity index (χ4n) is 4.22. The summed E-state index contributed by atoms with van der Waals surface area (Å²) in [6.07, 6.45) is 2.40. The third kappa shape index (κ3) is 8.06. The molecule has 14 heteroatoms. The highest BCUT2D eigenvalue weighted by Crippen LogP contribution is 2.24. The maximum absolute atomic E-state index is 13.5. The first kappa shape index (κ1) is 31.6. The molecular weight excluding hydrogens is 552 g/mol. The zero-order valence-electron chi connectivity index (χ0n) is 24.1. The van der Waals surface area contributed by atoms with Gasteiger partial charge in [0.2, 0.25) is 27.7 Å². The number of rotatable bonds is 5. The van der Waals surface area contributed by atoms with Gasteiger partial charge in [0.25, 0.3) is 11.8 Å². The number of fused-ring (bicyclic) bond motifs is 2. The predicted molar refractivity (Wildman–Crippen MR) is 152 cm³/mol. The SMILES string of the molecule is Cc1oc2nc1C(=O)N[C@H](C)C(=O)NCCCC[C@H](NC(=O)c1ccc(N(C)S(C)(=O)=O)cc1)C(=O)N[C@H]2C(C)C. The summed E-state index contributed by atoms with van der Waals surface area (Å²) in [6.45, 7) is 7.18. The van der Waals surface area contributed by atoms with E-state index >= 15 is 0 Å². The molecule has 0 aliphatic carbocycles. The Bertz CT molecular complexity index is 1390. The molecule has 1 aromatic carbocycles. The first-order valence-corrected chi connectivity index (χ1v) is 15.2. The smallest absolute Gasteiger partial charge is 0.274 e. The van der Waals surface area contributed by atoms with Crippen molar-refractivity contribution >= 4 is 39.3 Å². The summed E-state index contributed by atoms with van der Waals surface area (Å²) in [5.41, 5.74) is 0.648. The van der Waals surface area contributed by atoms with E-state index in [1.807, 2.05) is 13.8 Å². The van der Waals surface area contributed by atoms with Crippen LogP contribution < -0.4 is 25.6 Å². The number of aromatic nitrogens is 1. The molecule has 3 rings (SSSR count). The van der Waals surface area contributed by atoms with Crippen LogP contribution in [0.3, 0.4) is 0 Å². The molecule has 13 nitrogen and oxygen atoms in total. The van der Waals surface area contributed by atoms with Crippen LogP contribution in [0.5, 0.6) is 0 Å². The molecule has 0 spiro atoms. The van der Waals surface area contributed by atoms with Gasteiger partial charge in [0, 0.05) is 19.2 Å². The Balaban J connectivity index is 1.86. The van der Waals surface area contributed by atoms with E-state index < -0.39 is 45.9 Å². The van der Waals surface area contributed by atoms with Gasteiger partial charge in [0.1, 0.15) is 23.9 Å². The van der Waals surface area contributed by atoms with Gasteiger partial charge in [0.15, 0.2) is 5.69 Å². The highest BCUT2D eigenvalue weighted by atomic mass is 32.2. The number of oxazole rings is 1. The second-order valence-corrected chi connectivity index (χ2v) is 12.5. The van der Waals surface area contributed by atoms with Gasteiger partial charge in [-0.3, -0.25) is 23.5 Å². The quantitative estimate of drug-likeness (QED) is 0.403. The van der Waals surface area contributed by atoms with Crippen LogP contribution >= 0.6 is 0 Å². The van der Waals surface area contributed by atoms with Crippen molar-refractivity contribution in [1.82, 2.24) is 26.3 Å². The molecule has 2 bridgehead atoms. The molecule has 1 aliphatic heterocycles. The van der Waals surface area contributed by atoms with Crippen molar-refractivity contribution in [3.63, 3.8) is 0 Å². The number of aryl methyl sites for hydroxylation is 1. The third-order valence-corrected chi connectivity index (χ3v) is 8.04. The van der Waals surface area contributed by atoms with Crippen LogP contribution in [0.25, 0.3) is 0 Å². The normalized spacial score (nSPS) is 21.0. The Kier molecular flexibility index (Phi) is 10.1. The van der Waals surface area contributed by atoms with E-state index in [4.69, 9.17) is 4.42 Å². The van der Waals surface area contributed by atoms with E-state index in [0.717, 1.165) is 10.6 Å². The summed E-state index contributed by atoms with van der Waals surface area (Å²) in [5.74, 6) is -1.70. The van der Waals surface area contributed by atoms with Crippen molar-refractivity contribution in [3.8, 4) is 0 Å². The fraction of sp³-hybridized carbons (Fsp3) is 0.519. The van der Waals surface area contributed by atoms with Crippen LogP contribution in [0.1, 0.15) is 78.6 Å². The highest BCUT2D eigenvalue weighted by molar-refractivity contribution is 7.92. The number of sulfonamides is 1. The molecule has 0 radical (unpaired) electrons. The molecule has 0 fully saturated rings. The monoisotopic (exact) mass is 590 g/mol. The van der Waals surface area contributed by atoms with Gasteiger partial charge in [-0.1, -0.05) is 13.8 Å². The second kappa shape index (κ2) is 13.1. The highest BCUT2D eigenvalue weighted by Gasteiger charge is 2.31. The summed E-state index contributed by atoms with van der Waals surface area (Å²) in [4.78, 5) is 56.2. The van der Waals surface area contributed by atoms with Crippen LogP contribution in [0, 0.1) is 12.8 Å². The summed E-state index contributed by atoms with van der Waals surface area (Å²) in [7, 11) is -2.06. The second-order valence-electron chi connectivity index (χ2n) is 10.5. The molecule has 1 aromatic heterocycles. The Morgan fingerprint density at radius 2 is 1.76 bits per heavy atom. The Morgan fingerprint density at radius 3 is 2.37 bits per heavy atom. The number of benzene rings is 1. The largest absolute Gasteiger partial charge is 0.443 e. The summed E-state index contributed by atoms with van der Waals surface area (Å²) in [5, 5.41) is 11.1. The van der Waals surface area contributed by atoms with Gasteiger partial charge in [-0.25, -0.2) is 13.4 Å². The standard InChI is InChI=1S/C27H38N6O7S/c1-15(2)21-27-32-22(17(4)40-27)26(37)29-16(3)23(34)28-14-8-7-9-20(25(36)31-21)30-24(35)18-10-12-19(13-11-18)33(5)41(6,38)39/h10-13,15-16,20-21H,7-9,14H2,1-6H3,(H,28,34)(H,29,37)(H,30,35)(H,31,36)/t16-,20+,21+/m1/s1. The number of anilines is 1. The van der Waals surface area contributed by atoms with E-state index in [1.54, 1.807) is 13.8 Å². The van der Waals surface area contributed by atoms with Gasteiger partial charge >= 0.3 is 0 Å². The van der Waals surface area contributed by atoms with Crippen LogP contribution in [0.2, 0.25) is 0 Å². The zero-order valence-corrected chi connectivity index (χ0v) is 24.9. The molecule has 0 unspecified atom stereocenters. The summed E-state index contributed by atoms with van der Waals surface area (Å²) >= 11 is 0. The fourth-order valence-corrected chi connectivity index (χ4v) is 4.73. The predicted octanol–water partition coefficient (Wildman–Crippen LogP) is 1.41. The minimum absolute atomic E-state index is 0.0152. The molecule has 3 atom stereocenters. The lowest BCUT2D eigenvalue weighted by atomic mass is 10.0. The minimum Gasteiger partial charge on any atom is -0.443 e. The molecule has 4 amide bonds. The van der Waals surface area contributed by atoms with Gasteiger partial charge in [0.05, 0.1) is 11.9 Å². The van der Waals surface area contributed by atoms with E-state index in [0.29, 0.717) is 25.1 Å². The molecule has 41 heavy (non-hydrogen) atoms. The van der Waals surface area contributed by atoms with Crippen molar-refractivity contribution in [2.45, 2.75) is 65.1 Å².